The van der Waals surface area contributed by atoms with E-state index in [2.05, 4.69) is 16.7 Å². The third-order valence-electron chi connectivity index (χ3n) is 9.05. The molecule has 50 heavy (non-hydrogen) atoms. The molecule has 0 saturated heterocycles. The maximum Gasteiger partial charge on any atom is 0.246 e. The van der Waals surface area contributed by atoms with Crippen LogP contribution in [-0.2, 0) is 21.3 Å². The van der Waals surface area contributed by atoms with Crippen LogP contribution in [0, 0.1) is 0 Å². The molecule has 2 N–H and O–H groups in total. The lowest BCUT2D eigenvalue weighted by atomic mass is 9.89. The van der Waals surface area contributed by atoms with Gasteiger partial charge in [-0.3, -0.25) is 14.5 Å². The Morgan fingerprint density at radius 1 is 1.20 bits per heavy atom. The third kappa shape index (κ3) is 6.28. The molecule has 5 heterocycles. The van der Waals surface area contributed by atoms with Gasteiger partial charge in [0.15, 0.2) is 0 Å². The van der Waals surface area contributed by atoms with Crippen LogP contribution in [0.5, 0.6) is 5.75 Å². The summed E-state index contributed by atoms with van der Waals surface area (Å²) in [6.45, 7) is 7.20. The normalized spacial score (nSPS) is 21.3. The zero-order chi connectivity index (χ0) is 34.9. The highest BCUT2D eigenvalue weighted by Crippen LogP contribution is 2.46. The number of carbonyl (C=O) groups excluding carboxylic acids is 1. The Bertz CT molecular complexity index is 2160. The molecule has 0 spiro atoms. The van der Waals surface area contributed by atoms with Crippen molar-refractivity contribution in [3.05, 3.63) is 89.6 Å². The van der Waals surface area contributed by atoms with E-state index in [9.17, 15) is 9.18 Å². The molecule has 1 aromatic carbocycles. The summed E-state index contributed by atoms with van der Waals surface area (Å²) in [5, 5.41) is 7.95. The van der Waals surface area contributed by atoms with Crippen LogP contribution in [0.25, 0.3) is 43.5 Å². The molecule has 13 heteroatoms. The molecule has 0 radical (unpaired) electrons. The van der Waals surface area contributed by atoms with E-state index in [1.807, 2.05) is 49.7 Å². The second-order valence-electron chi connectivity index (χ2n) is 12.1. The van der Waals surface area contributed by atoms with Gasteiger partial charge in [0, 0.05) is 64.3 Å². The van der Waals surface area contributed by atoms with E-state index in [0.29, 0.717) is 52.7 Å². The summed E-state index contributed by atoms with van der Waals surface area (Å²) in [5.74, 6) is -1.06. The van der Waals surface area contributed by atoms with E-state index in [0.717, 1.165) is 22.4 Å². The molecule has 0 saturated carbocycles. The first-order chi connectivity index (χ1) is 24.2. The van der Waals surface area contributed by atoms with Crippen LogP contribution in [-0.4, -0.2) is 82.9 Å². The number of hydrogen-bond acceptors (Lipinski definition) is 9. The van der Waals surface area contributed by atoms with Crippen molar-refractivity contribution in [1.29, 1.82) is 0 Å². The number of aromatic nitrogens is 3. The highest BCUT2D eigenvalue weighted by Gasteiger charge is 2.33. The van der Waals surface area contributed by atoms with E-state index in [-0.39, 0.29) is 49.1 Å². The number of ether oxygens (including phenoxy) is 3. The molecule has 2 atom stereocenters. The molecule has 1 amide bonds. The molecule has 4 aromatic rings. The first-order valence-electron chi connectivity index (χ1n) is 16.3. The van der Waals surface area contributed by atoms with Gasteiger partial charge in [-0.1, -0.05) is 12.7 Å². The molecular formula is C37H36F2N6O4S. The molecule has 3 aromatic heterocycles. The SMILES string of the molecule is C=CC(=O)N1CCN=C(/C=C(\N)c2nc3c4ccsc4c2C2=C(F)C=C(F)CC2OCCOC/C=C/COc2cc4c(cnn4C)cc2-3)[C@H]1C. The number of aliphatic imine (C=N–C) groups is 1. The van der Waals surface area contributed by atoms with Crippen molar-refractivity contribution in [2.45, 2.75) is 25.5 Å². The van der Waals surface area contributed by atoms with E-state index in [4.69, 9.17) is 24.9 Å². The van der Waals surface area contributed by atoms with Gasteiger partial charge in [-0.15, -0.1) is 11.3 Å². The number of nitrogens with two attached hydrogens (primary N) is 1. The first-order valence-corrected chi connectivity index (χ1v) is 17.2. The van der Waals surface area contributed by atoms with Crippen LogP contribution in [0.2, 0.25) is 0 Å². The number of rotatable bonds is 3. The molecule has 1 unspecified atom stereocenters. The standard InChI is InChI=1S/C37H36F2N6O4S/c1-4-32(46)45-9-8-41-28(21(45)2)18-27(40)36-34-33-26(39)16-23(38)17-31(33)49-13-12-47-10-5-6-11-48-30-19-29-22(20-42-44(29)3)15-25(30)35(43-36)24-7-14-50-37(24)34/h4-7,14-16,18-21,31H,1,8-13,17,40H2,2-3H3/b6-5+,27-18-/t21-,31?/m1/s1. The van der Waals surface area contributed by atoms with E-state index in [1.165, 1.54) is 17.4 Å². The topological polar surface area (TPSA) is 117 Å². The number of nitrogens with zero attached hydrogens (tertiary/aromatic N) is 5. The van der Waals surface area contributed by atoms with Gasteiger partial charge >= 0.3 is 0 Å². The van der Waals surface area contributed by atoms with Crippen molar-refractivity contribution in [1.82, 2.24) is 19.7 Å². The van der Waals surface area contributed by atoms with Crippen LogP contribution in [0.4, 0.5) is 8.78 Å². The minimum Gasteiger partial charge on any atom is -0.489 e. The van der Waals surface area contributed by atoms with Crippen LogP contribution >= 0.6 is 11.3 Å². The Kier molecular flexibility index (Phi) is 9.45. The average molecular weight is 699 g/mol. The lowest BCUT2D eigenvalue weighted by Gasteiger charge is -2.32. The summed E-state index contributed by atoms with van der Waals surface area (Å²) < 4.78 is 51.7. The quantitative estimate of drug-likeness (QED) is 0.197. The lowest BCUT2D eigenvalue weighted by molar-refractivity contribution is -0.126. The van der Waals surface area contributed by atoms with Gasteiger partial charge in [-0.2, -0.15) is 5.10 Å². The fourth-order valence-electron chi connectivity index (χ4n) is 6.56. The van der Waals surface area contributed by atoms with Gasteiger partial charge < -0.3 is 24.8 Å². The zero-order valence-electron chi connectivity index (χ0n) is 27.7. The largest absolute Gasteiger partial charge is 0.489 e. The van der Waals surface area contributed by atoms with Crippen LogP contribution in [0.3, 0.4) is 0 Å². The summed E-state index contributed by atoms with van der Waals surface area (Å²) in [6.07, 6.45) is 8.18. The predicted molar refractivity (Wildman–Crippen MR) is 192 cm³/mol. The number of benzene rings is 1. The number of amides is 1. The minimum atomic E-state index is -0.975. The number of hydrogen-bond donors (Lipinski definition) is 1. The maximum atomic E-state index is 16.2. The molecular weight excluding hydrogens is 663 g/mol. The van der Waals surface area contributed by atoms with Gasteiger partial charge in [-0.05, 0) is 42.7 Å². The van der Waals surface area contributed by atoms with E-state index >= 15 is 4.39 Å². The molecule has 2 aliphatic heterocycles. The summed E-state index contributed by atoms with van der Waals surface area (Å²) >= 11 is 1.40. The Morgan fingerprint density at radius 2 is 2.04 bits per heavy atom. The van der Waals surface area contributed by atoms with Crippen LogP contribution < -0.4 is 10.5 Å². The summed E-state index contributed by atoms with van der Waals surface area (Å²) in [7, 11) is 1.86. The van der Waals surface area contributed by atoms with Crippen molar-refractivity contribution in [3.63, 3.8) is 0 Å². The number of carbonyl (C=O) groups is 1. The average Bonchev–Trinajstić information content (AvgIpc) is 3.73. The Labute approximate surface area is 291 Å². The van der Waals surface area contributed by atoms with Gasteiger partial charge in [0.1, 0.15) is 24.0 Å². The molecule has 2 bridgehead atoms. The zero-order valence-corrected chi connectivity index (χ0v) is 28.5. The van der Waals surface area contributed by atoms with E-state index in [1.54, 1.807) is 21.9 Å². The summed E-state index contributed by atoms with van der Waals surface area (Å²) in [4.78, 5) is 24.2. The molecule has 10 nitrogen and oxygen atoms in total. The summed E-state index contributed by atoms with van der Waals surface area (Å²) in [5.41, 5.74) is 10.7. The number of fused-ring (bicyclic) bond motifs is 5. The van der Waals surface area contributed by atoms with E-state index < -0.39 is 23.8 Å². The van der Waals surface area contributed by atoms with Gasteiger partial charge in [-0.25, -0.2) is 13.8 Å². The first kappa shape index (κ1) is 33.5. The van der Waals surface area contributed by atoms with Gasteiger partial charge in [0.25, 0.3) is 0 Å². The fourth-order valence-corrected chi connectivity index (χ4v) is 7.52. The Balaban J connectivity index is 1.51. The summed E-state index contributed by atoms with van der Waals surface area (Å²) in [6, 6.07) is 5.41. The third-order valence-corrected chi connectivity index (χ3v) is 9.98. The molecule has 7 rings (SSSR count). The Hall–Kier alpha value is -4.98. The van der Waals surface area contributed by atoms with Gasteiger partial charge in [0.2, 0.25) is 5.91 Å². The highest BCUT2D eigenvalue weighted by molar-refractivity contribution is 7.17. The number of allylic oxidation sites excluding steroid dienone is 2. The van der Waals surface area contributed by atoms with Crippen LogP contribution in [0.1, 0.15) is 24.6 Å². The minimum absolute atomic E-state index is 0.104. The number of halogens is 2. The Morgan fingerprint density at radius 3 is 2.88 bits per heavy atom. The smallest absolute Gasteiger partial charge is 0.246 e. The fraction of sp³-hybridized carbons (Fsp3) is 0.297. The maximum absolute atomic E-state index is 16.2. The van der Waals surface area contributed by atoms with Crippen molar-refractivity contribution in [2.75, 3.05) is 39.5 Å². The number of thiophene rings is 1. The monoisotopic (exact) mass is 698 g/mol. The molecule has 1 aliphatic carbocycles. The highest BCUT2D eigenvalue weighted by atomic mass is 32.1. The van der Waals surface area contributed by atoms with Crippen molar-refractivity contribution in [2.24, 2.45) is 17.8 Å². The van der Waals surface area contributed by atoms with Gasteiger partial charge in [0.05, 0.1) is 73.0 Å². The van der Waals surface area contributed by atoms with Crippen molar-refractivity contribution >= 4 is 55.2 Å². The number of pyridine rings is 1. The van der Waals surface area contributed by atoms with Crippen molar-refractivity contribution in [3.8, 4) is 17.0 Å². The molecule has 258 valence electrons. The molecule has 3 aliphatic rings. The number of aryl methyl sites for hydroxylation is 1. The van der Waals surface area contributed by atoms with Crippen molar-refractivity contribution < 1.29 is 27.8 Å². The second-order valence-corrected chi connectivity index (χ2v) is 13.0. The van der Waals surface area contributed by atoms with Crippen LogP contribution in [0.15, 0.2) is 83.4 Å². The lowest BCUT2D eigenvalue weighted by Crippen LogP contribution is -2.46. The molecule has 0 fully saturated rings. The second kappa shape index (κ2) is 14.1. The predicted octanol–water partition coefficient (Wildman–Crippen LogP) is 6.30.